The van der Waals surface area contributed by atoms with Crippen LogP contribution in [-0.2, 0) is 6.42 Å². The van der Waals surface area contributed by atoms with E-state index in [4.69, 9.17) is 0 Å². The molecule has 0 fully saturated rings. The van der Waals surface area contributed by atoms with Gasteiger partial charge in [0.15, 0.2) is 5.65 Å². The van der Waals surface area contributed by atoms with Crippen molar-refractivity contribution in [2.45, 2.75) is 24.8 Å². The average Bonchev–Trinajstić information content (AvgIpc) is 2.60. The first kappa shape index (κ1) is 9.52. The minimum absolute atomic E-state index is 0.945. The van der Waals surface area contributed by atoms with E-state index in [0.29, 0.717) is 0 Å². The second kappa shape index (κ2) is 4.00. The smallest absolute Gasteiger partial charge is 0.156 e. The fourth-order valence-corrected chi connectivity index (χ4v) is 1.79. The van der Waals surface area contributed by atoms with E-state index >= 15 is 0 Å². The Kier molecular flexibility index (Phi) is 2.72. The predicted octanol–water partition coefficient (Wildman–Crippen LogP) is 2.40. The maximum absolute atomic E-state index is 4.52. The van der Waals surface area contributed by atoms with Gasteiger partial charge in [0.25, 0.3) is 0 Å². The number of hydrogen-bond acceptors (Lipinski definition) is 3. The molecule has 0 radical (unpaired) electrons. The average molecular weight is 207 g/mol. The second-order valence-electron chi connectivity index (χ2n) is 3.16. The van der Waals surface area contributed by atoms with Gasteiger partial charge in [0.05, 0.1) is 0 Å². The van der Waals surface area contributed by atoms with E-state index in [9.17, 15) is 0 Å². The van der Waals surface area contributed by atoms with Gasteiger partial charge in [0.2, 0.25) is 0 Å². The second-order valence-corrected chi connectivity index (χ2v) is 3.98. The van der Waals surface area contributed by atoms with Gasteiger partial charge >= 0.3 is 0 Å². The summed E-state index contributed by atoms with van der Waals surface area (Å²) in [6, 6.07) is 4.05. The van der Waals surface area contributed by atoms with Gasteiger partial charge in [0, 0.05) is 18.0 Å². The molecule has 0 amide bonds. The molecular formula is C10H13N3S. The first-order valence-corrected chi connectivity index (χ1v) is 5.95. The molecule has 0 aliphatic heterocycles. The number of aromatic nitrogens is 3. The van der Waals surface area contributed by atoms with E-state index in [1.54, 1.807) is 11.8 Å². The highest BCUT2D eigenvalue weighted by atomic mass is 32.2. The molecule has 2 aromatic heterocycles. The summed E-state index contributed by atoms with van der Waals surface area (Å²) in [5, 5.41) is 5.37. The van der Waals surface area contributed by atoms with Crippen LogP contribution in [0.4, 0.5) is 0 Å². The Morgan fingerprint density at radius 1 is 1.50 bits per heavy atom. The molecular weight excluding hydrogens is 194 g/mol. The molecule has 2 aromatic rings. The fraction of sp³-hybridized carbons (Fsp3) is 0.400. The minimum atomic E-state index is 0.945. The van der Waals surface area contributed by atoms with Gasteiger partial charge in [-0.2, -0.15) is 5.10 Å². The first-order valence-electron chi connectivity index (χ1n) is 4.73. The van der Waals surface area contributed by atoms with Crippen molar-refractivity contribution in [2.75, 3.05) is 6.26 Å². The molecule has 2 rings (SSSR count). The Bertz CT molecular complexity index is 436. The monoisotopic (exact) mass is 207 g/mol. The van der Waals surface area contributed by atoms with Crippen LogP contribution >= 0.6 is 11.8 Å². The van der Waals surface area contributed by atoms with Crippen molar-refractivity contribution in [3.63, 3.8) is 0 Å². The normalized spacial score (nSPS) is 11.0. The Hall–Kier alpha value is -1.03. The molecule has 0 aliphatic carbocycles. The lowest BCUT2D eigenvalue weighted by molar-refractivity contribution is 0.844. The number of nitrogens with zero attached hydrogens (tertiary/aromatic N) is 3. The van der Waals surface area contributed by atoms with Gasteiger partial charge in [-0.3, -0.25) is 0 Å². The van der Waals surface area contributed by atoms with Crippen LogP contribution in [0.15, 0.2) is 23.4 Å². The van der Waals surface area contributed by atoms with Crippen LogP contribution in [-0.4, -0.2) is 20.9 Å². The van der Waals surface area contributed by atoms with E-state index in [-0.39, 0.29) is 0 Å². The van der Waals surface area contributed by atoms with Gasteiger partial charge in [-0.05, 0) is 18.7 Å². The lowest BCUT2D eigenvalue weighted by atomic mass is 10.2. The number of hydrogen-bond donors (Lipinski definition) is 0. The molecule has 0 spiro atoms. The number of thioether (sulfide) groups is 1. The van der Waals surface area contributed by atoms with Crippen molar-refractivity contribution in [3.05, 3.63) is 24.0 Å². The summed E-state index contributed by atoms with van der Waals surface area (Å²) >= 11 is 1.64. The molecule has 0 N–H and O–H groups in total. The maximum Gasteiger partial charge on any atom is 0.156 e. The molecule has 14 heavy (non-hydrogen) atoms. The predicted molar refractivity (Wildman–Crippen MR) is 58.8 cm³/mol. The van der Waals surface area contributed by atoms with Gasteiger partial charge in [-0.25, -0.2) is 9.50 Å². The summed E-state index contributed by atoms with van der Waals surface area (Å²) in [6.07, 6.45) is 6.17. The largest absolute Gasteiger partial charge is 0.234 e. The molecule has 2 heterocycles. The van der Waals surface area contributed by atoms with Crippen molar-refractivity contribution < 1.29 is 0 Å². The summed E-state index contributed by atoms with van der Waals surface area (Å²) < 4.78 is 1.82. The Morgan fingerprint density at radius 3 is 3.07 bits per heavy atom. The molecule has 3 nitrogen and oxygen atoms in total. The summed E-state index contributed by atoms with van der Waals surface area (Å²) in [4.78, 5) is 4.52. The van der Waals surface area contributed by atoms with Crippen molar-refractivity contribution in [1.29, 1.82) is 0 Å². The van der Waals surface area contributed by atoms with Crippen molar-refractivity contribution in [1.82, 2.24) is 14.6 Å². The van der Waals surface area contributed by atoms with Crippen LogP contribution < -0.4 is 0 Å². The third-order valence-corrected chi connectivity index (χ3v) is 2.69. The lowest BCUT2D eigenvalue weighted by Gasteiger charge is -1.97. The summed E-state index contributed by atoms with van der Waals surface area (Å²) in [5.74, 6) is 0. The number of aryl methyl sites for hydroxylation is 1. The topological polar surface area (TPSA) is 30.2 Å². The molecule has 0 aromatic carbocycles. The van der Waals surface area contributed by atoms with E-state index in [1.165, 1.54) is 0 Å². The SMILES string of the molecule is CCCc1ccn2nc(SC)cc2n1. The van der Waals surface area contributed by atoms with E-state index in [0.717, 1.165) is 29.2 Å². The zero-order valence-corrected chi connectivity index (χ0v) is 9.21. The standard InChI is InChI=1S/C10H13N3S/c1-3-4-8-5-6-13-9(11-8)7-10(12-13)14-2/h5-7H,3-4H2,1-2H3. The molecule has 0 unspecified atom stereocenters. The van der Waals surface area contributed by atoms with Crippen LogP contribution in [0.5, 0.6) is 0 Å². The molecule has 0 bridgehead atoms. The van der Waals surface area contributed by atoms with Gasteiger partial charge in [-0.15, -0.1) is 11.8 Å². The molecule has 0 saturated heterocycles. The van der Waals surface area contributed by atoms with Gasteiger partial charge in [0.1, 0.15) is 5.03 Å². The Labute approximate surface area is 87.5 Å². The molecule has 74 valence electrons. The van der Waals surface area contributed by atoms with Gasteiger partial charge in [-0.1, -0.05) is 13.3 Å². The van der Waals surface area contributed by atoms with E-state index < -0.39 is 0 Å². The maximum atomic E-state index is 4.52. The minimum Gasteiger partial charge on any atom is -0.234 e. The molecule has 0 saturated carbocycles. The molecule has 4 heteroatoms. The first-order chi connectivity index (χ1) is 6.83. The van der Waals surface area contributed by atoms with Crippen LogP contribution in [0.1, 0.15) is 19.0 Å². The van der Waals surface area contributed by atoms with Crippen LogP contribution in [0, 0.1) is 0 Å². The van der Waals surface area contributed by atoms with Crippen molar-refractivity contribution >= 4 is 17.4 Å². The molecule has 0 aliphatic rings. The highest BCUT2D eigenvalue weighted by molar-refractivity contribution is 7.98. The third-order valence-electron chi connectivity index (χ3n) is 2.08. The highest BCUT2D eigenvalue weighted by Crippen LogP contribution is 2.14. The Morgan fingerprint density at radius 2 is 2.36 bits per heavy atom. The van der Waals surface area contributed by atoms with E-state index in [2.05, 4.69) is 17.0 Å². The van der Waals surface area contributed by atoms with E-state index in [1.807, 2.05) is 29.1 Å². The Balaban J connectivity index is 2.43. The van der Waals surface area contributed by atoms with Crippen molar-refractivity contribution in [2.24, 2.45) is 0 Å². The zero-order valence-electron chi connectivity index (χ0n) is 8.40. The summed E-state index contributed by atoms with van der Waals surface area (Å²) in [6.45, 7) is 2.16. The highest BCUT2D eigenvalue weighted by Gasteiger charge is 2.01. The van der Waals surface area contributed by atoms with Crippen molar-refractivity contribution in [3.8, 4) is 0 Å². The number of rotatable bonds is 3. The third kappa shape index (κ3) is 1.75. The summed E-state index contributed by atoms with van der Waals surface area (Å²) in [7, 11) is 0. The quantitative estimate of drug-likeness (QED) is 0.724. The summed E-state index contributed by atoms with van der Waals surface area (Å²) in [5.41, 5.74) is 2.09. The number of fused-ring (bicyclic) bond motifs is 1. The lowest BCUT2D eigenvalue weighted by Crippen LogP contribution is -1.94. The van der Waals surface area contributed by atoms with Crippen LogP contribution in [0.25, 0.3) is 5.65 Å². The van der Waals surface area contributed by atoms with Gasteiger partial charge < -0.3 is 0 Å². The van der Waals surface area contributed by atoms with Crippen LogP contribution in [0.3, 0.4) is 0 Å². The molecule has 0 atom stereocenters. The fourth-order valence-electron chi connectivity index (χ4n) is 1.39. The zero-order chi connectivity index (χ0) is 9.97. The van der Waals surface area contributed by atoms with Crippen LogP contribution in [0.2, 0.25) is 0 Å².